The molecule has 5 aromatic rings. The predicted molar refractivity (Wildman–Crippen MR) is 191 cm³/mol. The summed E-state index contributed by atoms with van der Waals surface area (Å²) < 4.78 is 36.6. The number of nitrogens with one attached hydrogen (secondary N) is 3. The van der Waals surface area contributed by atoms with Gasteiger partial charge in [-0.25, -0.2) is 23.3 Å². The molecule has 18 nitrogen and oxygen atoms in total. The number of rotatable bonds is 12. The first-order valence-electron chi connectivity index (χ1n) is 17.1. The van der Waals surface area contributed by atoms with E-state index in [1.165, 1.54) is 29.1 Å². The summed E-state index contributed by atoms with van der Waals surface area (Å²) in [6.07, 6.45) is -1.73. The van der Waals surface area contributed by atoms with Crippen LogP contribution in [0.25, 0.3) is 11.2 Å². The van der Waals surface area contributed by atoms with Crippen LogP contribution in [0.5, 0.6) is 0 Å². The van der Waals surface area contributed by atoms with Gasteiger partial charge in [-0.3, -0.25) is 4.57 Å². The van der Waals surface area contributed by atoms with Gasteiger partial charge < -0.3 is 45.4 Å². The summed E-state index contributed by atoms with van der Waals surface area (Å²) in [7, 11) is -3.95. The molecule has 0 saturated carbocycles. The summed E-state index contributed by atoms with van der Waals surface area (Å²) in [6.45, 7) is 2.49. The molecule has 2 aromatic carbocycles. The average molecular weight is 749 g/mol. The highest BCUT2D eigenvalue weighted by Crippen LogP contribution is 2.40. The first-order valence-corrected chi connectivity index (χ1v) is 18.6. The molecule has 0 radical (unpaired) electrons. The third-order valence-corrected chi connectivity index (χ3v) is 10.2. The number of aryl methyl sites for hydroxylation is 1. The molecular weight excluding hydrogens is 709 g/mol. The third-order valence-electron chi connectivity index (χ3n) is 9.25. The first-order chi connectivity index (χ1) is 25.5. The summed E-state index contributed by atoms with van der Waals surface area (Å²) >= 11 is 0. The lowest BCUT2D eigenvalue weighted by Gasteiger charge is -2.22. The maximum Gasteiger partial charge on any atom is 0.319 e. The predicted octanol–water partition coefficient (Wildman–Crippen LogP) is 1.43. The minimum atomic E-state index is -3.95. The molecule has 3 aromatic heterocycles. The summed E-state index contributed by atoms with van der Waals surface area (Å²) in [6, 6.07) is 15.7. The number of carbonyl (C=O) groups is 1. The number of hydrogen-bond donors (Lipinski definition) is 7. The zero-order valence-corrected chi connectivity index (χ0v) is 29.4. The molecule has 2 fully saturated rings. The van der Waals surface area contributed by atoms with E-state index in [-0.39, 0.29) is 34.9 Å². The largest absolute Gasteiger partial charge is 0.394 e. The van der Waals surface area contributed by atoms with Gasteiger partial charge in [0.25, 0.3) is 0 Å². The van der Waals surface area contributed by atoms with Crippen molar-refractivity contribution in [3.8, 4) is 0 Å². The highest BCUT2D eigenvalue weighted by atomic mass is 32.2. The number of aromatic nitrogens is 5. The number of aliphatic hydroxyl groups is 3. The quantitative estimate of drug-likeness (QED) is 0.0953. The van der Waals surface area contributed by atoms with Crippen molar-refractivity contribution in [2.24, 2.45) is 5.14 Å². The Morgan fingerprint density at radius 1 is 1.09 bits per heavy atom. The Hall–Kier alpha value is -5.18. The first kappa shape index (κ1) is 36.2. The van der Waals surface area contributed by atoms with Crippen LogP contribution in [0.15, 0.2) is 76.4 Å². The number of nitrogens with zero attached hydrogens (tertiary/aromatic N) is 6. The van der Waals surface area contributed by atoms with Gasteiger partial charge in [0.2, 0.25) is 16.0 Å². The highest BCUT2D eigenvalue weighted by molar-refractivity contribution is 7.89. The van der Waals surface area contributed by atoms with E-state index in [1.54, 1.807) is 12.1 Å². The fraction of sp³-hybridized carbons (Fsp3) is 0.382. The number of carbonyl (C=O) groups excluding carboxylic acids is 1. The molecule has 19 heteroatoms. The summed E-state index contributed by atoms with van der Waals surface area (Å²) in [5.74, 6) is 0.896. The molecule has 280 valence electrons. The second-order valence-electron chi connectivity index (χ2n) is 13.0. The van der Waals surface area contributed by atoms with Crippen molar-refractivity contribution in [1.82, 2.24) is 30.0 Å². The van der Waals surface area contributed by atoms with Crippen molar-refractivity contribution in [2.45, 2.75) is 67.7 Å². The van der Waals surface area contributed by atoms with Gasteiger partial charge >= 0.3 is 6.03 Å². The van der Waals surface area contributed by atoms with Crippen molar-refractivity contribution in [3.05, 3.63) is 84.0 Å². The number of imidazole rings is 1. The molecule has 53 heavy (non-hydrogen) atoms. The molecule has 8 N–H and O–H groups in total. The Morgan fingerprint density at radius 2 is 1.91 bits per heavy atom. The Balaban J connectivity index is 1.15. The van der Waals surface area contributed by atoms with E-state index in [0.29, 0.717) is 55.0 Å². The second-order valence-corrected chi connectivity index (χ2v) is 14.6. The minimum Gasteiger partial charge on any atom is -0.394 e. The van der Waals surface area contributed by atoms with Crippen LogP contribution in [0, 0.1) is 0 Å². The van der Waals surface area contributed by atoms with Gasteiger partial charge in [-0.2, -0.15) is 9.97 Å². The third kappa shape index (κ3) is 7.80. The maximum atomic E-state index is 12.9. The number of hydrogen-bond acceptors (Lipinski definition) is 14. The van der Waals surface area contributed by atoms with E-state index in [0.717, 1.165) is 5.56 Å². The number of ether oxygens (including phenoxy) is 1. The Bertz CT molecular complexity index is 2180. The number of benzene rings is 2. The van der Waals surface area contributed by atoms with Gasteiger partial charge in [0.15, 0.2) is 29.0 Å². The lowest BCUT2D eigenvalue weighted by molar-refractivity contribution is -0.0434. The van der Waals surface area contributed by atoms with E-state index < -0.39 is 46.6 Å². The van der Waals surface area contributed by atoms with Crippen LogP contribution in [0.1, 0.15) is 42.7 Å². The van der Waals surface area contributed by atoms with Crippen LogP contribution >= 0.6 is 0 Å². The molecule has 0 bridgehead atoms. The summed E-state index contributed by atoms with van der Waals surface area (Å²) in [4.78, 5) is 28.9. The van der Waals surface area contributed by atoms with Gasteiger partial charge in [-0.05, 0) is 43.0 Å². The molecule has 6 atom stereocenters. The summed E-state index contributed by atoms with van der Waals surface area (Å²) in [5, 5.41) is 50.6. The fourth-order valence-electron chi connectivity index (χ4n) is 6.50. The van der Waals surface area contributed by atoms with Crippen LogP contribution < -0.4 is 26.0 Å². The number of amides is 2. The lowest BCUT2D eigenvalue weighted by atomic mass is 10.1. The van der Waals surface area contributed by atoms with E-state index in [2.05, 4.69) is 26.1 Å². The fourth-order valence-corrected chi connectivity index (χ4v) is 7.06. The van der Waals surface area contributed by atoms with Crippen molar-refractivity contribution in [2.75, 3.05) is 35.2 Å². The second kappa shape index (κ2) is 15.0. The standard InChI is InChI=1S/C34H40N10O8S/c1-2-20-15-25(52-42-20)29-27(46)28(47)32(51-29)44-18-36-26-30(37-23(17-45)13-19-7-4-3-5-8-19)40-33(41-31(26)44)43-12-11-22(16-43)39-34(48)38-21-9-6-10-24(14-21)53(35,49)50/h3-10,14-15,18,22-23,27-29,32,45-47H,2,11-13,16-17H2,1H3,(H2,35,49,50)(H,37,40,41)(H2,38,39,48)/t22-,23+,27+,28+,29-,32-/m1/s1. The van der Waals surface area contributed by atoms with Crippen molar-refractivity contribution in [3.63, 3.8) is 0 Å². The topological polar surface area (TPSA) is 256 Å². The smallest absolute Gasteiger partial charge is 0.319 e. The molecule has 5 heterocycles. The lowest BCUT2D eigenvalue weighted by Crippen LogP contribution is -2.40. The van der Waals surface area contributed by atoms with Crippen LogP contribution in [-0.4, -0.2) is 98.4 Å². The van der Waals surface area contributed by atoms with Crippen LogP contribution in [0.4, 0.5) is 22.2 Å². The molecule has 7 rings (SSSR count). The molecule has 0 spiro atoms. The highest BCUT2D eigenvalue weighted by Gasteiger charge is 2.47. The van der Waals surface area contributed by atoms with Crippen molar-refractivity contribution >= 4 is 44.7 Å². The van der Waals surface area contributed by atoms with Crippen LogP contribution in [-0.2, 0) is 27.6 Å². The van der Waals surface area contributed by atoms with E-state index >= 15 is 0 Å². The number of primary sulfonamides is 1. The zero-order valence-electron chi connectivity index (χ0n) is 28.6. The molecule has 2 aliphatic heterocycles. The van der Waals surface area contributed by atoms with Crippen molar-refractivity contribution in [1.29, 1.82) is 0 Å². The minimum absolute atomic E-state index is 0.130. The van der Waals surface area contributed by atoms with Gasteiger partial charge in [0.05, 0.1) is 29.6 Å². The maximum absolute atomic E-state index is 12.9. The molecule has 0 unspecified atom stereocenters. The average Bonchev–Trinajstić information content (AvgIpc) is 3.95. The number of anilines is 3. The van der Waals surface area contributed by atoms with Crippen molar-refractivity contribution < 1.29 is 37.8 Å². The monoisotopic (exact) mass is 748 g/mol. The van der Waals surface area contributed by atoms with Gasteiger partial charge in [-0.1, -0.05) is 48.5 Å². The van der Waals surface area contributed by atoms with Gasteiger partial charge in [0, 0.05) is 30.9 Å². The van der Waals surface area contributed by atoms with E-state index in [1.807, 2.05) is 42.2 Å². The summed E-state index contributed by atoms with van der Waals surface area (Å²) in [5.41, 5.74) is 2.57. The molecule has 2 saturated heterocycles. The normalized spacial score (nSPS) is 22.3. The van der Waals surface area contributed by atoms with Crippen LogP contribution in [0.3, 0.4) is 0 Å². The number of fused-ring (bicyclic) bond motifs is 1. The molecule has 2 aliphatic rings. The number of sulfonamides is 1. The SMILES string of the molecule is CCc1cc([C@H]2O[C@@H](n3cnc4c(N[C@H](CO)Cc5ccccc5)nc(N5CC[C@@H](NC(=O)Nc6cccc(S(N)(=O)=O)c6)C5)nc43)[C@@H](O)[C@@H]2O)on1. The number of nitrogens with two attached hydrogens (primary N) is 1. The van der Waals surface area contributed by atoms with Gasteiger partial charge in [0.1, 0.15) is 18.3 Å². The Labute approximate surface area is 304 Å². The van der Waals surface area contributed by atoms with E-state index in [9.17, 15) is 28.5 Å². The number of urea groups is 1. The Morgan fingerprint density at radius 3 is 2.64 bits per heavy atom. The van der Waals surface area contributed by atoms with Gasteiger partial charge in [-0.15, -0.1) is 0 Å². The molecule has 2 amide bonds. The van der Waals surface area contributed by atoms with E-state index in [4.69, 9.17) is 24.4 Å². The number of aliphatic hydroxyl groups excluding tert-OH is 3. The van der Waals surface area contributed by atoms with Crippen LogP contribution in [0.2, 0.25) is 0 Å². The zero-order chi connectivity index (χ0) is 37.3. The molecular formula is C34H40N10O8S. The molecule has 0 aliphatic carbocycles. The Kier molecular flexibility index (Phi) is 10.3.